The summed E-state index contributed by atoms with van der Waals surface area (Å²) >= 11 is 0. The van der Waals surface area contributed by atoms with Crippen molar-refractivity contribution in [3.63, 3.8) is 0 Å². The van der Waals surface area contributed by atoms with Gasteiger partial charge in [0.2, 0.25) is 0 Å². The van der Waals surface area contributed by atoms with Crippen LogP contribution < -0.4 is 15.4 Å². The summed E-state index contributed by atoms with van der Waals surface area (Å²) in [4.78, 5) is 25.1. The van der Waals surface area contributed by atoms with Crippen molar-refractivity contribution in [2.75, 3.05) is 17.2 Å². The number of furan rings is 1. The number of amides is 2. The van der Waals surface area contributed by atoms with Gasteiger partial charge in [0.15, 0.2) is 0 Å². The van der Waals surface area contributed by atoms with Gasteiger partial charge in [-0.25, -0.2) is 4.39 Å². The van der Waals surface area contributed by atoms with Crippen LogP contribution in [-0.2, 0) is 0 Å². The number of nitrogens with one attached hydrogen (secondary N) is 2. The molecule has 4 rings (SSSR count). The smallest absolute Gasteiger partial charge is 0.259 e. The van der Waals surface area contributed by atoms with Gasteiger partial charge in [-0.1, -0.05) is 12.1 Å². The fraction of sp³-hybridized carbons (Fsp3) is 0.217. The van der Waals surface area contributed by atoms with Crippen molar-refractivity contribution >= 4 is 23.2 Å². The zero-order chi connectivity index (χ0) is 21.1. The molecule has 30 heavy (non-hydrogen) atoms. The highest BCUT2D eigenvalue weighted by Gasteiger charge is 2.23. The second-order valence-electron chi connectivity index (χ2n) is 7.24. The van der Waals surface area contributed by atoms with Crippen LogP contribution in [0.15, 0.2) is 59.2 Å². The number of ether oxygens (including phenoxy) is 1. The lowest BCUT2D eigenvalue weighted by atomic mass is 10.1. The largest absolute Gasteiger partial charge is 0.492 e. The zero-order valence-electron chi connectivity index (χ0n) is 16.4. The third kappa shape index (κ3) is 4.51. The highest BCUT2D eigenvalue weighted by molar-refractivity contribution is 6.07. The highest BCUT2D eigenvalue weighted by atomic mass is 19.1. The minimum Gasteiger partial charge on any atom is -0.492 e. The van der Waals surface area contributed by atoms with Crippen molar-refractivity contribution in [3.05, 3.63) is 77.5 Å². The van der Waals surface area contributed by atoms with Crippen LogP contribution in [-0.4, -0.2) is 18.4 Å². The number of rotatable bonds is 7. The predicted octanol–water partition coefficient (Wildman–Crippen LogP) is 5.02. The minimum absolute atomic E-state index is 0.0448. The van der Waals surface area contributed by atoms with E-state index in [1.165, 1.54) is 30.5 Å². The first-order valence-electron chi connectivity index (χ1n) is 9.69. The van der Waals surface area contributed by atoms with Crippen LogP contribution in [0.5, 0.6) is 5.75 Å². The number of carbonyl (C=O) groups excluding carboxylic acids is 2. The topological polar surface area (TPSA) is 80.6 Å². The van der Waals surface area contributed by atoms with E-state index < -0.39 is 11.7 Å². The standard InChI is InChI=1S/C23H21FN2O4/c1-14-17(10-11-29-14)22(27)26-20-12-16(8-9-19(20)24)25-23(28)18-4-2-3-5-21(18)30-13-15-6-7-15/h2-5,8-12,15H,6-7,13H2,1H3,(H,25,28)(H,26,27). The summed E-state index contributed by atoms with van der Waals surface area (Å²) in [6, 6.07) is 12.5. The van der Waals surface area contributed by atoms with E-state index in [0.29, 0.717) is 40.8 Å². The normalized spacial score (nSPS) is 13.0. The van der Waals surface area contributed by atoms with Gasteiger partial charge in [0, 0.05) is 5.69 Å². The fourth-order valence-corrected chi connectivity index (χ4v) is 2.98. The molecule has 0 radical (unpaired) electrons. The van der Waals surface area contributed by atoms with Crippen molar-refractivity contribution in [2.24, 2.45) is 5.92 Å². The van der Waals surface area contributed by atoms with E-state index >= 15 is 0 Å². The maximum absolute atomic E-state index is 14.2. The van der Waals surface area contributed by atoms with E-state index in [9.17, 15) is 14.0 Å². The maximum Gasteiger partial charge on any atom is 0.259 e. The van der Waals surface area contributed by atoms with Gasteiger partial charge in [-0.05, 0) is 62.1 Å². The number of hydrogen-bond donors (Lipinski definition) is 2. The Hall–Kier alpha value is -3.61. The van der Waals surface area contributed by atoms with Gasteiger partial charge in [-0.15, -0.1) is 0 Å². The van der Waals surface area contributed by atoms with E-state index in [2.05, 4.69) is 10.6 Å². The Labute approximate surface area is 173 Å². The molecular formula is C23H21FN2O4. The molecule has 2 amide bonds. The Morgan fingerprint density at radius 2 is 1.83 bits per heavy atom. The molecule has 1 aliphatic rings. The molecule has 0 aliphatic heterocycles. The van der Waals surface area contributed by atoms with E-state index in [1.54, 1.807) is 25.1 Å². The van der Waals surface area contributed by atoms with Gasteiger partial charge in [0.1, 0.15) is 17.3 Å². The average molecular weight is 408 g/mol. The van der Waals surface area contributed by atoms with Crippen LogP contribution in [0, 0.1) is 18.7 Å². The zero-order valence-corrected chi connectivity index (χ0v) is 16.4. The second kappa shape index (κ2) is 8.41. The SMILES string of the molecule is Cc1occc1C(=O)Nc1cc(NC(=O)c2ccccc2OCC2CC2)ccc1F. The lowest BCUT2D eigenvalue weighted by molar-refractivity contribution is 0.101. The molecule has 154 valence electrons. The summed E-state index contributed by atoms with van der Waals surface area (Å²) in [6.45, 7) is 2.23. The molecule has 1 saturated carbocycles. The molecule has 0 spiro atoms. The van der Waals surface area contributed by atoms with E-state index in [1.807, 2.05) is 6.07 Å². The highest BCUT2D eigenvalue weighted by Crippen LogP contribution is 2.30. The second-order valence-corrected chi connectivity index (χ2v) is 7.24. The molecular weight excluding hydrogens is 387 g/mol. The van der Waals surface area contributed by atoms with Crippen LogP contribution in [0.4, 0.5) is 15.8 Å². The molecule has 1 aromatic heterocycles. The van der Waals surface area contributed by atoms with Crippen LogP contribution in [0.25, 0.3) is 0 Å². The molecule has 1 aliphatic carbocycles. The van der Waals surface area contributed by atoms with E-state index in [4.69, 9.17) is 9.15 Å². The first kappa shape index (κ1) is 19.7. The number of halogens is 1. The third-order valence-corrected chi connectivity index (χ3v) is 4.88. The van der Waals surface area contributed by atoms with Gasteiger partial charge in [-0.3, -0.25) is 9.59 Å². The Kier molecular flexibility index (Phi) is 5.52. The molecule has 2 N–H and O–H groups in total. The number of para-hydroxylation sites is 1. The van der Waals surface area contributed by atoms with E-state index in [0.717, 1.165) is 12.8 Å². The van der Waals surface area contributed by atoms with Crippen molar-refractivity contribution in [1.82, 2.24) is 0 Å². The molecule has 7 heteroatoms. The Morgan fingerprint density at radius 1 is 1.07 bits per heavy atom. The summed E-state index contributed by atoms with van der Waals surface area (Å²) in [5.41, 5.74) is 1.00. The Morgan fingerprint density at radius 3 is 2.57 bits per heavy atom. The lowest BCUT2D eigenvalue weighted by Gasteiger charge is -2.13. The number of aryl methyl sites for hydroxylation is 1. The number of carbonyl (C=O) groups is 2. The van der Waals surface area contributed by atoms with Crippen molar-refractivity contribution < 1.29 is 23.1 Å². The van der Waals surface area contributed by atoms with Gasteiger partial charge in [0.25, 0.3) is 11.8 Å². The van der Waals surface area contributed by atoms with Crippen molar-refractivity contribution in [1.29, 1.82) is 0 Å². The molecule has 0 bridgehead atoms. The number of hydrogen-bond acceptors (Lipinski definition) is 4. The number of anilines is 2. The summed E-state index contributed by atoms with van der Waals surface area (Å²) in [7, 11) is 0. The molecule has 6 nitrogen and oxygen atoms in total. The third-order valence-electron chi connectivity index (χ3n) is 4.88. The quantitative estimate of drug-likeness (QED) is 0.575. The van der Waals surface area contributed by atoms with Crippen molar-refractivity contribution in [3.8, 4) is 5.75 Å². The van der Waals surface area contributed by atoms with Crippen LogP contribution in [0.2, 0.25) is 0 Å². The van der Waals surface area contributed by atoms with Gasteiger partial charge in [-0.2, -0.15) is 0 Å². The summed E-state index contributed by atoms with van der Waals surface area (Å²) in [5.74, 6) is 0.00506. The summed E-state index contributed by atoms with van der Waals surface area (Å²) in [5, 5.41) is 5.24. The number of benzene rings is 2. The fourth-order valence-electron chi connectivity index (χ4n) is 2.98. The first-order valence-corrected chi connectivity index (χ1v) is 9.69. The lowest BCUT2D eigenvalue weighted by Crippen LogP contribution is -2.16. The molecule has 1 fully saturated rings. The first-order chi connectivity index (χ1) is 14.5. The van der Waals surface area contributed by atoms with Gasteiger partial charge >= 0.3 is 0 Å². The van der Waals surface area contributed by atoms with Gasteiger partial charge < -0.3 is 19.8 Å². The average Bonchev–Trinajstić information content (AvgIpc) is 3.47. The van der Waals surface area contributed by atoms with Crippen LogP contribution in [0.3, 0.4) is 0 Å². The van der Waals surface area contributed by atoms with Crippen LogP contribution >= 0.6 is 0 Å². The molecule has 1 heterocycles. The summed E-state index contributed by atoms with van der Waals surface area (Å²) < 4.78 is 25.1. The molecule has 2 aromatic carbocycles. The van der Waals surface area contributed by atoms with Crippen molar-refractivity contribution in [2.45, 2.75) is 19.8 Å². The molecule has 0 saturated heterocycles. The molecule has 0 atom stereocenters. The minimum atomic E-state index is -0.615. The Balaban J connectivity index is 1.48. The monoisotopic (exact) mass is 408 g/mol. The van der Waals surface area contributed by atoms with Crippen LogP contribution in [0.1, 0.15) is 39.3 Å². The summed E-state index contributed by atoms with van der Waals surface area (Å²) in [6.07, 6.45) is 3.69. The molecule has 3 aromatic rings. The Bertz CT molecular complexity index is 1090. The van der Waals surface area contributed by atoms with Gasteiger partial charge in [0.05, 0.1) is 29.7 Å². The maximum atomic E-state index is 14.2. The van der Waals surface area contributed by atoms with E-state index in [-0.39, 0.29) is 11.6 Å². The predicted molar refractivity (Wildman–Crippen MR) is 110 cm³/mol. The molecule has 0 unspecified atom stereocenters.